The number of aromatic nitrogens is 1. The van der Waals surface area contributed by atoms with Crippen molar-refractivity contribution in [3.8, 4) is 0 Å². The Balaban J connectivity index is 3.24. The van der Waals surface area contributed by atoms with E-state index in [0.29, 0.717) is 9.04 Å². The molecule has 0 bridgehead atoms. The first-order valence-corrected chi connectivity index (χ1v) is 4.80. The quantitative estimate of drug-likeness (QED) is 0.898. The molecule has 15 heavy (non-hydrogen) atoms. The Kier molecular flexibility index (Phi) is 3.56. The maximum absolute atomic E-state index is 12.5. The normalized spacial score (nSPS) is 13.9. The van der Waals surface area contributed by atoms with E-state index in [0.717, 1.165) is 12.3 Å². The standard InChI is InChI=1S/C8H8BrF3N2O/c9-5-1-2-7(15)14(4-5)6(3-13)8(10,11)12/h1-2,4,6H,3,13H2. The zero-order chi connectivity index (χ0) is 11.6. The predicted octanol–water partition coefficient (Wildman–Crippen LogP) is 1.67. The van der Waals surface area contributed by atoms with Crippen LogP contribution in [0.1, 0.15) is 6.04 Å². The van der Waals surface area contributed by atoms with Crippen LogP contribution in [0, 0.1) is 0 Å². The van der Waals surface area contributed by atoms with Gasteiger partial charge in [0.1, 0.15) is 6.04 Å². The number of halogens is 4. The average Bonchev–Trinajstić information content (AvgIpc) is 2.10. The highest BCUT2D eigenvalue weighted by molar-refractivity contribution is 9.10. The third kappa shape index (κ3) is 2.82. The molecule has 0 fully saturated rings. The van der Waals surface area contributed by atoms with Crippen LogP contribution in [0.2, 0.25) is 0 Å². The van der Waals surface area contributed by atoms with Crippen molar-refractivity contribution in [2.24, 2.45) is 5.73 Å². The average molecular weight is 285 g/mol. The Hall–Kier alpha value is -0.820. The van der Waals surface area contributed by atoms with Crippen LogP contribution in [0.4, 0.5) is 13.2 Å². The molecule has 1 atom stereocenters. The molecule has 0 amide bonds. The van der Waals surface area contributed by atoms with Crippen molar-refractivity contribution in [1.29, 1.82) is 0 Å². The van der Waals surface area contributed by atoms with Crippen molar-refractivity contribution >= 4 is 15.9 Å². The van der Waals surface area contributed by atoms with Gasteiger partial charge in [0.15, 0.2) is 0 Å². The smallest absolute Gasteiger partial charge is 0.328 e. The molecule has 0 aliphatic carbocycles. The summed E-state index contributed by atoms with van der Waals surface area (Å²) in [5, 5.41) is 0. The number of alkyl halides is 3. The molecule has 3 nitrogen and oxygen atoms in total. The molecule has 0 saturated carbocycles. The molecule has 0 aliphatic rings. The summed E-state index contributed by atoms with van der Waals surface area (Å²) < 4.78 is 38.4. The lowest BCUT2D eigenvalue weighted by atomic mass is 10.2. The number of nitrogens with two attached hydrogens (primary N) is 1. The lowest BCUT2D eigenvalue weighted by Crippen LogP contribution is -2.38. The highest BCUT2D eigenvalue weighted by Gasteiger charge is 2.40. The van der Waals surface area contributed by atoms with Gasteiger partial charge in [-0.25, -0.2) is 0 Å². The van der Waals surface area contributed by atoms with Crippen LogP contribution in [-0.4, -0.2) is 17.3 Å². The van der Waals surface area contributed by atoms with Gasteiger partial charge in [0.25, 0.3) is 5.56 Å². The van der Waals surface area contributed by atoms with Gasteiger partial charge >= 0.3 is 6.18 Å². The Morgan fingerprint density at radius 1 is 1.47 bits per heavy atom. The lowest BCUT2D eigenvalue weighted by Gasteiger charge is -2.20. The molecular formula is C8H8BrF3N2O. The second kappa shape index (κ2) is 4.36. The van der Waals surface area contributed by atoms with Crippen LogP contribution >= 0.6 is 15.9 Å². The van der Waals surface area contributed by atoms with Gasteiger partial charge in [0.2, 0.25) is 0 Å². The van der Waals surface area contributed by atoms with E-state index in [1.807, 2.05) is 0 Å². The van der Waals surface area contributed by atoms with Crippen molar-refractivity contribution in [3.63, 3.8) is 0 Å². The highest BCUT2D eigenvalue weighted by atomic mass is 79.9. The third-order valence-electron chi connectivity index (χ3n) is 1.84. The number of hydrogen-bond donors (Lipinski definition) is 1. The molecule has 0 radical (unpaired) electrons. The fourth-order valence-corrected chi connectivity index (χ4v) is 1.48. The summed E-state index contributed by atoms with van der Waals surface area (Å²) in [6, 6.07) is 0.448. The van der Waals surface area contributed by atoms with E-state index in [9.17, 15) is 18.0 Å². The van der Waals surface area contributed by atoms with Crippen LogP contribution in [0.25, 0.3) is 0 Å². The molecule has 84 valence electrons. The number of hydrogen-bond acceptors (Lipinski definition) is 2. The van der Waals surface area contributed by atoms with Crippen LogP contribution in [-0.2, 0) is 0 Å². The first kappa shape index (κ1) is 12.3. The topological polar surface area (TPSA) is 48.0 Å². The van der Waals surface area contributed by atoms with Gasteiger partial charge in [-0.2, -0.15) is 13.2 Å². The van der Waals surface area contributed by atoms with Gasteiger partial charge < -0.3 is 10.3 Å². The molecule has 0 spiro atoms. The van der Waals surface area contributed by atoms with E-state index in [1.165, 1.54) is 6.07 Å². The van der Waals surface area contributed by atoms with E-state index in [-0.39, 0.29) is 0 Å². The number of pyridine rings is 1. The molecule has 0 saturated heterocycles. The van der Waals surface area contributed by atoms with Crippen molar-refractivity contribution in [2.75, 3.05) is 6.54 Å². The predicted molar refractivity (Wildman–Crippen MR) is 52.5 cm³/mol. The summed E-state index contributed by atoms with van der Waals surface area (Å²) in [5.41, 5.74) is 4.28. The summed E-state index contributed by atoms with van der Waals surface area (Å²) in [5.74, 6) is 0. The van der Waals surface area contributed by atoms with Gasteiger partial charge in [-0.3, -0.25) is 4.79 Å². The van der Waals surface area contributed by atoms with Gasteiger partial charge in [-0.15, -0.1) is 0 Å². The van der Waals surface area contributed by atoms with E-state index in [1.54, 1.807) is 0 Å². The molecule has 1 heterocycles. The van der Waals surface area contributed by atoms with Gasteiger partial charge in [0.05, 0.1) is 0 Å². The summed E-state index contributed by atoms with van der Waals surface area (Å²) in [6.07, 6.45) is -3.45. The molecule has 7 heteroatoms. The monoisotopic (exact) mass is 284 g/mol. The molecular weight excluding hydrogens is 277 g/mol. The molecule has 1 aromatic heterocycles. The van der Waals surface area contributed by atoms with Crippen LogP contribution in [0.15, 0.2) is 27.6 Å². The SMILES string of the molecule is NCC(n1cc(Br)ccc1=O)C(F)(F)F. The molecule has 0 aromatic carbocycles. The minimum Gasteiger partial charge on any atom is -0.328 e. The fraction of sp³-hybridized carbons (Fsp3) is 0.375. The second-order valence-electron chi connectivity index (χ2n) is 2.89. The van der Waals surface area contributed by atoms with E-state index in [2.05, 4.69) is 15.9 Å². The van der Waals surface area contributed by atoms with Crippen LogP contribution in [0.5, 0.6) is 0 Å². The molecule has 1 rings (SSSR count). The van der Waals surface area contributed by atoms with E-state index >= 15 is 0 Å². The van der Waals surface area contributed by atoms with Crippen LogP contribution in [0.3, 0.4) is 0 Å². The minimum absolute atomic E-state index is 0.393. The van der Waals surface area contributed by atoms with Gasteiger partial charge in [-0.1, -0.05) is 0 Å². The second-order valence-corrected chi connectivity index (χ2v) is 3.80. The van der Waals surface area contributed by atoms with Crippen molar-refractivity contribution in [1.82, 2.24) is 4.57 Å². The largest absolute Gasteiger partial charge is 0.410 e. The first-order valence-electron chi connectivity index (χ1n) is 4.00. The summed E-state index contributed by atoms with van der Waals surface area (Å²) in [6.45, 7) is -0.667. The lowest BCUT2D eigenvalue weighted by molar-refractivity contribution is -0.165. The minimum atomic E-state index is -4.53. The van der Waals surface area contributed by atoms with Crippen molar-refractivity contribution in [2.45, 2.75) is 12.2 Å². The Bertz CT molecular complexity index is 402. The Labute approximate surface area is 91.8 Å². The summed E-state index contributed by atoms with van der Waals surface area (Å²) in [7, 11) is 0. The van der Waals surface area contributed by atoms with Gasteiger partial charge in [0, 0.05) is 23.3 Å². The molecule has 0 aliphatic heterocycles. The maximum Gasteiger partial charge on any atom is 0.410 e. The van der Waals surface area contributed by atoms with Crippen molar-refractivity contribution in [3.05, 3.63) is 33.2 Å². The van der Waals surface area contributed by atoms with Crippen LogP contribution < -0.4 is 11.3 Å². The Morgan fingerprint density at radius 2 is 2.07 bits per heavy atom. The number of nitrogens with zero attached hydrogens (tertiary/aromatic N) is 1. The summed E-state index contributed by atoms with van der Waals surface area (Å²) >= 11 is 2.99. The Morgan fingerprint density at radius 3 is 2.53 bits per heavy atom. The maximum atomic E-state index is 12.5. The van der Waals surface area contributed by atoms with E-state index in [4.69, 9.17) is 5.73 Å². The van der Waals surface area contributed by atoms with E-state index < -0.39 is 24.3 Å². The molecule has 1 unspecified atom stereocenters. The van der Waals surface area contributed by atoms with Gasteiger partial charge in [-0.05, 0) is 22.0 Å². The summed E-state index contributed by atoms with van der Waals surface area (Å²) in [4.78, 5) is 11.2. The third-order valence-corrected chi connectivity index (χ3v) is 2.31. The van der Waals surface area contributed by atoms with Crippen molar-refractivity contribution < 1.29 is 13.2 Å². The fourth-order valence-electron chi connectivity index (χ4n) is 1.12. The highest BCUT2D eigenvalue weighted by Crippen LogP contribution is 2.28. The molecule has 2 N–H and O–H groups in total. The first-order chi connectivity index (χ1) is 6.86. The number of rotatable bonds is 2. The zero-order valence-corrected chi connectivity index (χ0v) is 9.05. The zero-order valence-electron chi connectivity index (χ0n) is 7.46. The molecule has 1 aromatic rings.